The molecule has 1 aromatic rings. The fraction of sp³-hybridized carbons (Fsp3) is 0.577. The van der Waals surface area contributed by atoms with E-state index < -0.39 is 17.9 Å². The summed E-state index contributed by atoms with van der Waals surface area (Å²) in [5.74, 6) is -1.54. The van der Waals surface area contributed by atoms with E-state index >= 15 is 0 Å². The Kier molecular flexibility index (Phi) is 9.48. The third kappa shape index (κ3) is 7.16. The van der Waals surface area contributed by atoms with Crippen LogP contribution in [0.25, 0.3) is 6.08 Å². The smallest absolute Gasteiger partial charge is 0.328 e. The van der Waals surface area contributed by atoms with E-state index in [1.54, 1.807) is 4.90 Å². The second-order valence-corrected chi connectivity index (χ2v) is 8.75. The Morgan fingerprint density at radius 1 is 1.27 bits per heavy atom. The molecule has 1 saturated heterocycles. The van der Waals surface area contributed by atoms with Crippen LogP contribution in [0.15, 0.2) is 30.3 Å². The van der Waals surface area contributed by atoms with Gasteiger partial charge < -0.3 is 19.1 Å². The number of benzene rings is 1. The Morgan fingerprint density at radius 3 is 2.91 bits per heavy atom. The van der Waals surface area contributed by atoms with Crippen LogP contribution in [0.1, 0.15) is 63.0 Å². The molecule has 2 aliphatic heterocycles. The monoisotopic (exact) mass is 457 g/mol. The molecule has 0 aliphatic carbocycles. The first-order valence-corrected chi connectivity index (χ1v) is 11.9. The average molecular weight is 458 g/mol. The fourth-order valence-electron chi connectivity index (χ4n) is 4.39. The largest absolute Gasteiger partial charge is 0.467 e. The highest BCUT2D eigenvalue weighted by Gasteiger charge is 2.43. The minimum atomic E-state index is -0.705. The van der Waals surface area contributed by atoms with E-state index in [1.165, 1.54) is 7.11 Å². The molecular weight excluding hydrogens is 422 g/mol. The standard InChI is InChI=1S/C26H35NO6/c1-3-4-12-21-15-24(28)32-13-7-5-6-9-19-10-8-11-20(14-19)18-33-22-16-23(26(30)31-2)27(17-22)25(21)29/h6,8-11,14,21-23H,3-5,7,12-13,15-18H2,1-2H3/b9-6+/t21-,22-,23+/m1/s1. The van der Waals surface area contributed by atoms with E-state index in [1.807, 2.05) is 25.1 Å². The number of carbonyl (C=O) groups is 3. The first-order valence-electron chi connectivity index (χ1n) is 11.9. The van der Waals surface area contributed by atoms with Gasteiger partial charge in [0.1, 0.15) is 6.04 Å². The van der Waals surface area contributed by atoms with Gasteiger partial charge in [-0.15, -0.1) is 0 Å². The summed E-state index contributed by atoms with van der Waals surface area (Å²) >= 11 is 0. The van der Waals surface area contributed by atoms with Crippen LogP contribution in [0.2, 0.25) is 0 Å². The van der Waals surface area contributed by atoms with Gasteiger partial charge in [-0.25, -0.2) is 4.79 Å². The molecule has 2 heterocycles. The number of nitrogens with zero attached hydrogens (tertiary/aromatic N) is 1. The second kappa shape index (κ2) is 12.5. The lowest BCUT2D eigenvalue weighted by atomic mass is 9.96. The minimum Gasteiger partial charge on any atom is -0.467 e. The topological polar surface area (TPSA) is 82.1 Å². The van der Waals surface area contributed by atoms with Gasteiger partial charge in [-0.2, -0.15) is 0 Å². The van der Waals surface area contributed by atoms with Crippen LogP contribution in [-0.2, 0) is 35.2 Å². The molecule has 3 rings (SSSR count). The molecule has 1 fully saturated rings. The van der Waals surface area contributed by atoms with Gasteiger partial charge in [-0.05, 0) is 36.5 Å². The molecule has 4 bridgehead atoms. The second-order valence-electron chi connectivity index (χ2n) is 8.75. The molecular formula is C26H35NO6. The molecule has 0 aromatic heterocycles. The lowest BCUT2D eigenvalue weighted by Crippen LogP contribution is -2.44. The summed E-state index contributed by atoms with van der Waals surface area (Å²) in [6.07, 6.45) is 8.07. The van der Waals surface area contributed by atoms with Gasteiger partial charge in [0.15, 0.2) is 0 Å². The fourth-order valence-corrected chi connectivity index (χ4v) is 4.39. The number of rotatable bonds is 4. The Labute approximate surface area is 196 Å². The molecule has 0 N–H and O–H groups in total. The quantitative estimate of drug-likeness (QED) is 0.638. The van der Waals surface area contributed by atoms with Crippen molar-refractivity contribution in [2.75, 3.05) is 20.3 Å². The van der Waals surface area contributed by atoms with Gasteiger partial charge in [0.05, 0.1) is 32.8 Å². The first-order chi connectivity index (χ1) is 16.0. The molecule has 1 amide bonds. The van der Waals surface area contributed by atoms with E-state index in [9.17, 15) is 14.4 Å². The van der Waals surface area contributed by atoms with E-state index in [4.69, 9.17) is 14.2 Å². The number of ether oxygens (including phenoxy) is 3. The van der Waals surface area contributed by atoms with Crippen LogP contribution in [0, 0.1) is 5.92 Å². The Bertz CT molecular complexity index is 851. The predicted octanol–water partition coefficient (Wildman–Crippen LogP) is 3.89. The van der Waals surface area contributed by atoms with Gasteiger partial charge >= 0.3 is 11.9 Å². The summed E-state index contributed by atoms with van der Waals surface area (Å²) in [6.45, 7) is 3.06. The highest BCUT2D eigenvalue weighted by atomic mass is 16.5. The number of fused-ring (bicyclic) bond motifs is 4. The molecule has 0 spiro atoms. The van der Waals surface area contributed by atoms with Gasteiger partial charge in [0.25, 0.3) is 0 Å². The van der Waals surface area contributed by atoms with E-state index in [0.717, 1.165) is 36.8 Å². The summed E-state index contributed by atoms with van der Waals surface area (Å²) in [5.41, 5.74) is 2.11. The molecule has 2 aliphatic rings. The molecule has 7 heteroatoms. The number of methoxy groups -OCH3 is 1. The van der Waals surface area contributed by atoms with Crippen molar-refractivity contribution >= 4 is 23.9 Å². The number of carbonyl (C=O) groups excluding carboxylic acids is 3. The molecule has 180 valence electrons. The van der Waals surface area contributed by atoms with E-state index in [0.29, 0.717) is 32.6 Å². The van der Waals surface area contributed by atoms with Gasteiger partial charge in [-0.1, -0.05) is 50.1 Å². The summed E-state index contributed by atoms with van der Waals surface area (Å²) in [7, 11) is 1.32. The van der Waals surface area contributed by atoms with Crippen LogP contribution in [0.4, 0.5) is 0 Å². The SMILES string of the molecule is CCCC[C@@H]1CC(=O)OCCC/C=C/c2cccc(c2)CO[C@@H]2C[C@@H](C(=O)OC)N(C2)C1=O. The molecule has 0 unspecified atom stereocenters. The number of hydrogen-bond donors (Lipinski definition) is 0. The van der Waals surface area contributed by atoms with Crippen molar-refractivity contribution in [3.8, 4) is 0 Å². The van der Waals surface area contributed by atoms with Crippen molar-refractivity contribution in [3.63, 3.8) is 0 Å². The summed E-state index contributed by atoms with van der Waals surface area (Å²) in [6, 6.07) is 7.38. The highest BCUT2D eigenvalue weighted by Crippen LogP contribution is 2.27. The van der Waals surface area contributed by atoms with Gasteiger partial charge in [0.2, 0.25) is 5.91 Å². The minimum absolute atomic E-state index is 0.0230. The van der Waals surface area contributed by atoms with Crippen LogP contribution in [0.5, 0.6) is 0 Å². The van der Waals surface area contributed by atoms with Crippen LogP contribution >= 0.6 is 0 Å². The van der Waals surface area contributed by atoms with E-state index in [2.05, 4.69) is 18.2 Å². The van der Waals surface area contributed by atoms with Crippen LogP contribution < -0.4 is 0 Å². The normalized spacial score (nSPS) is 25.6. The molecule has 3 atom stereocenters. The summed E-state index contributed by atoms with van der Waals surface area (Å²) in [5, 5.41) is 0. The third-order valence-electron chi connectivity index (χ3n) is 6.21. The maximum Gasteiger partial charge on any atom is 0.328 e. The number of hydrogen-bond acceptors (Lipinski definition) is 6. The zero-order chi connectivity index (χ0) is 23.6. The van der Waals surface area contributed by atoms with Crippen molar-refractivity contribution in [2.24, 2.45) is 5.92 Å². The van der Waals surface area contributed by atoms with Gasteiger partial charge in [0, 0.05) is 18.9 Å². The highest BCUT2D eigenvalue weighted by molar-refractivity contribution is 5.88. The van der Waals surface area contributed by atoms with E-state index in [-0.39, 0.29) is 24.4 Å². The molecule has 33 heavy (non-hydrogen) atoms. The number of unbranched alkanes of at least 4 members (excludes halogenated alkanes) is 1. The maximum absolute atomic E-state index is 13.5. The van der Waals surface area contributed by atoms with Crippen molar-refractivity contribution in [1.29, 1.82) is 0 Å². The van der Waals surface area contributed by atoms with Crippen molar-refractivity contribution in [2.45, 2.75) is 70.6 Å². The summed E-state index contributed by atoms with van der Waals surface area (Å²) < 4.78 is 16.5. The predicted molar refractivity (Wildman–Crippen MR) is 124 cm³/mol. The molecule has 0 radical (unpaired) electrons. The van der Waals surface area contributed by atoms with Gasteiger partial charge in [-0.3, -0.25) is 9.59 Å². The molecule has 7 nitrogen and oxygen atoms in total. The number of esters is 2. The first kappa shape index (κ1) is 25.0. The zero-order valence-electron chi connectivity index (χ0n) is 19.7. The lowest BCUT2D eigenvalue weighted by molar-refractivity contribution is -0.154. The van der Waals surface area contributed by atoms with Crippen LogP contribution in [0.3, 0.4) is 0 Å². The molecule has 0 saturated carbocycles. The van der Waals surface area contributed by atoms with Crippen molar-refractivity contribution < 1.29 is 28.6 Å². The Balaban J connectivity index is 1.83. The molecule has 1 aromatic carbocycles. The Hall–Kier alpha value is -2.67. The number of cyclic esters (lactones) is 1. The van der Waals surface area contributed by atoms with Crippen LogP contribution in [-0.4, -0.2) is 55.2 Å². The average Bonchev–Trinajstić information content (AvgIpc) is 3.25. The van der Waals surface area contributed by atoms with Crippen molar-refractivity contribution in [1.82, 2.24) is 4.90 Å². The maximum atomic E-state index is 13.5. The summed E-state index contributed by atoms with van der Waals surface area (Å²) in [4.78, 5) is 39.9. The Morgan fingerprint density at radius 2 is 2.12 bits per heavy atom. The number of allylic oxidation sites excluding steroid dienone is 1. The zero-order valence-corrected chi connectivity index (χ0v) is 19.7. The van der Waals surface area contributed by atoms with Crippen molar-refractivity contribution in [3.05, 3.63) is 41.5 Å². The lowest BCUT2D eigenvalue weighted by Gasteiger charge is -2.27. The third-order valence-corrected chi connectivity index (χ3v) is 6.21. The number of amides is 1.